The van der Waals surface area contributed by atoms with E-state index in [2.05, 4.69) is 203 Å². The molecule has 6 aliphatic carbocycles. The molecule has 0 fully saturated rings. The van der Waals surface area contributed by atoms with Gasteiger partial charge in [0.2, 0.25) is 0 Å². The molecule has 2 bridgehead atoms. The fourth-order valence-corrected chi connectivity index (χ4v) is 11.8. The minimum atomic E-state index is -0.115. The Morgan fingerprint density at radius 3 is 2.20 bits per heavy atom. The number of allylic oxidation sites excluding steroid dienone is 14. The van der Waals surface area contributed by atoms with Gasteiger partial charge in [0.25, 0.3) is 0 Å². The zero-order chi connectivity index (χ0) is 41.0. The zero-order valence-electron chi connectivity index (χ0n) is 35.6. The number of rotatable bonds is 4. The van der Waals surface area contributed by atoms with Gasteiger partial charge < -0.3 is 0 Å². The van der Waals surface area contributed by atoms with Crippen molar-refractivity contribution in [3.63, 3.8) is 0 Å². The Hall–Kier alpha value is -6.46. The third kappa shape index (κ3) is 5.59. The summed E-state index contributed by atoms with van der Waals surface area (Å²) in [6, 6.07) is 40.4. The Labute approximate surface area is 360 Å². The van der Waals surface area contributed by atoms with Crippen LogP contribution in [0.4, 0.5) is 0 Å². The minimum absolute atomic E-state index is 0.0337. The number of benzene rings is 6. The van der Waals surface area contributed by atoms with Crippen molar-refractivity contribution >= 4 is 33.2 Å². The van der Waals surface area contributed by atoms with Gasteiger partial charge in [0.1, 0.15) is 0 Å². The molecule has 0 aliphatic heterocycles. The first-order chi connectivity index (χ1) is 29.7. The van der Waals surface area contributed by atoms with Crippen LogP contribution in [0.2, 0.25) is 0 Å². The normalized spacial score (nSPS) is 21.1. The van der Waals surface area contributed by atoms with Gasteiger partial charge in [-0.2, -0.15) is 0 Å². The monoisotopic (exact) mass is 782 g/mol. The smallest absolute Gasteiger partial charge is 0.0223 e. The number of fused-ring (bicyclic) bond motifs is 7. The highest BCUT2D eigenvalue weighted by Crippen LogP contribution is 2.55. The second kappa shape index (κ2) is 13.5. The maximum Gasteiger partial charge on any atom is 0.0223 e. The summed E-state index contributed by atoms with van der Waals surface area (Å²) in [5, 5.41) is 5.21. The predicted octanol–water partition coefficient (Wildman–Crippen LogP) is 16.2. The zero-order valence-corrected chi connectivity index (χ0v) is 35.6. The quantitative estimate of drug-likeness (QED) is 0.123. The van der Waals surface area contributed by atoms with Crippen molar-refractivity contribution in [2.24, 2.45) is 11.3 Å². The first-order valence-electron chi connectivity index (χ1n) is 22.4. The number of aryl methyl sites for hydroxylation is 1. The van der Waals surface area contributed by atoms with Crippen LogP contribution in [-0.4, -0.2) is 0 Å². The molecule has 0 N–H and O–H groups in total. The van der Waals surface area contributed by atoms with Gasteiger partial charge in [-0.3, -0.25) is 0 Å². The van der Waals surface area contributed by atoms with Crippen molar-refractivity contribution in [2.75, 3.05) is 0 Å². The Morgan fingerprint density at radius 1 is 0.574 bits per heavy atom. The molecule has 6 aromatic carbocycles. The SMILES string of the molecule is CC1(C)C2=C=C(C=CC=C2)C2=C1C=C(c1ccc3c(-c4ccc5c(c4)C(C)(C)C4C=CC=CC54)c4ccccc4c(-c4cccc(-c5ccc6c(c5)C=CCC6)c4)c3c1)CC2. The molecule has 2 unspecified atom stereocenters. The molecule has 61 heavy (non-hydrogen) atoms. The molecule has 0 heteroatoms. The van der Waals surface area contributed by atoms with Gasteiger partial charge in [-0.1, -0.05) is 173 Å². The molecule has 294 valence electrons. The molecule has 0 saturated carbocycles. The van der Waals surface area contributed by atoms with E-state index in [1.54, 1.807) is 0 Å². The molecule has 0 spiro atoms. The summed E-state index contributed by atoms with van der Waals surface area (Å²) in [6.45, 7) is 9.64. The lowest BCUT2D eigenvalue weighted by atomic mass is 9.68. The highest BCUT2D eigenvalue weighted by atomic mass is 14.5. The predicted molar refractivity (Wildman–Crippen MR) is 259 cm³/mol. The average Bonchev–Trinajstić information content (AvgIpc) is 3.41. The molecule has 12 rings (SSSR count). The fraction of sp³-hybridized carbons (Fsp3) is 0.197. The van der Waals surface area contributed by atoms with Crippen LogP contribution < -0.4 is 0 Å². The van der Waals surface area contributed by atoms with Crippen molar-refractivity contribution in [3.05, 3.63) is 220 Å². The van der Waals surface area contributed by atoms with Gasteiger partial charge in [0.05, 0.1) is 0 Å². The van der Waals surface area contributed by atoms with Crippen LogP contribution in [-0.2, 0) is 11.8 Å². The van der Waals surface area contributed by atoms with E-state index in [9.17, 15) is 0 Å². The lowest BCUT2D eigenvalue weighted by Crippen LogP contribution is -2.24. The van der Waals surface area contributed by atoms with Crippen LogP contribution in [0.5, 0.6) is 0 Å². The highest BCUT2D eigenvalue weighted by Gasteiger charge is 2.44. The third-order valence-corrected chi connectivity index (χ3v) is 15.1. The highest BCUT2D eigenvalue weighted by molar-refractivity contribution is 6.22. The van der Waals surface area contributed by atoms with Crippen LogP contribution in [0.1, 0.15) is 80.7 Å². The van der Waals surface area contributed by atoms with Crippen LogP contribution in [0.15, 0.2) is 192 Å². The molecule has 0 nitrogen and oxygen atoms in total. The molecule has 0 aromatic heterocycles. The van der Waals surface area contributed by atoms with Crippen LogP contribution in [0.25, 0.3) is 66.6 Å². The van der Waals surface area contributed by atoms with E-state index in [4.69, 9.17) is 0 Å². The molecule has 6 aliphatic rings. The first-order valence-corrected chi connectivity index (χ1v) is 22.4. The maximum atomic E-state index is 3.78. The minimum Gasteiger partial charge on any atom is -0.108 e. The van der Waals surface area contributed by atoms with E-state index < -0.39 is 0 Å². The molecule has 0 amide bonds. The van der Waals surface area contributed by atoms with E-state index in [1.165, 1.54) is 111 Å². The number of hydrogen-bond donors (Lipinski definition) is 0. The molecule has 0 saturated heterocycles. The summed E-state index contributed by atoms with van der Waals surface area (Å²) in [6.07, 6.45) is 29.6. The van der Waals surface area contributed by atoms with Crippen molar-refractivity contribution in [1.29, 1.82) is 0 Å². The van der Waals surface area contributed by atoms with Crippen molar-refractivity contribution < 1.29 is 0 Å². The van der Waals surface area contributed by atoms with Crippen molar-refractivity contribution in [3.8, 4) is 33.4 Å². The van der Waals surface area contributed by atoms with Crippen LogP contribution in [0, 0.1) is 11.3 Å². The molecule has 6 aromatic rings. The van der Waals surface area contributed by atoms with Crippen molar-refractivity contribution in [1.82, 2.24) is 0 Å². The van der Waals surface area contributed by atoms with Crippen molar-refractivity contribution in [2.45, 2.75) is 64.7 Å². The topological polar surface area (TPSA) is 0 Å². The van der Waals surface area contributed by atoms with Gasteiger partial charge in [0.15, 0.2) is 0 Å². The Morgan fingerprint density at radius 2 is 1.31 bits per heavy atom. The van der Waals surface area contributed by atoms with Gasteiger partial charge >= 0.3 is 0 Å². The standard InChI is InChI=1S/C61H50/c1-60(2)47-19-8-7-16-44(34-47)48-29-26-43(36-56(48)60)42-27-31-53-54(35-42)59(45-18-13-17-40(33-45)41-25-24-38-14-5-6-15-39(38)32-41)52-22-10-9-21-51(52)58(53)46-28-30-50-49-20-11-12-23-55(49)61(3,4)57(50)37-46/h6-13,15-25,27-28,30-33,35-37,49,55H,5,14,26,29H2,1-4H3. The second-order valence-electron chi connectivity index (χ2n) is 19.2. The van der Waals surface area contributed by atoms with E-state index in [-0.39, 0.29) is 10.8 Å². The average molecular weight is 783 g/mol. The second-order valence-corrected chi connectivity index (χ2v) is 19.2. The van der Waals surface area contributed by atoms with Crippen LogP contribution >= 0.6 is 0 Å². The first kappa shape index (κ1) is 36.4. The lowest BCUT2D eigenvalue weighted by Gasteiger charge is -2.35. The van der Waals surface area contributed by atoms with Gasteiger partial charge in [-0.25, -0.2) is 0 Å². The summed E-state index contributed by atoms with van der Waals surface area (Å²) < 4.78 is 0. The molecule has 2 atom stereocenters. The Balaban J connectivity index is 1.09. The summed E-state index contributed by atoms with van der Waals surface area (Å²) in [5.74, 6) is 0.898. The van der Waals surface area contributed by atoms with E-state index in [1.807, 2.05) is 0 Å². The van der Waals surface area contributed by atoms with Gasteiger partial charge in [0, 0.05) is 22.5 Å². The number of hydrogen-bond acceptors (Lipinski definition) is 0. The molecule has 0 radical (unpaired) electrons. The Kier molecular flexibility index (Phi) is 8.07. The van der Waals surface area contributed by atoms with E-state index in [0.29, 0.717) is 11.8 Å². The van der Waals surface area contributed by atoms with E-state index >= 15 is 0 Å². The van der Waals surface area contributed by atoms with Crippen LogP contribution in [0.3, 0.4) is 0 Å². The largest absolute Gasteiger partial charge is 0.108 e. The van der Waals surface area contributed by atoms with Gasteiger partial charge in [-0.15, -0.1) is 5.73 Å². The summed E-state index contributed by atoms with van der Waals surface area (Å²) in [4.78, 5) is 0. The van der Waals surface area contributed by atoms with Gasteiger partial charge in [-0.05, 0) is 161 Å². The fourth-order valence-electron chi connectivity index (χ4n) is 11.8. The maximum absolute atomic E-state index is 3.78. The van der Waals surface area contributed by atoms with E-state index in [0.717, 1.165) is 25.7 Å². The summed E-state index contributed by atoms with van der Waals surface area (Å²) in [5.41, 5.74) is 25.3. The summed E-state index contributed by atoms with van der Waals surface area (Å²) in [7, 11) is 0. The lowest BCUT2D eigenvalue weighted by molar-refractivity contribution is 0.394. The Bertz CT molecular complexity index is 3220. The summed E-state index contributed by atoms with van der Waals surface area (Å²) >= 11 is 0. The third-order valence-electron chi connectivity index (χ3n) is 15.1. The molecule has 0 heterocycles. The molecular weight excluding hydrogens is 733 g/mol. The molecular formula is C61H50.